The van der Waals surface area contributed by atoms with Crippen LogP contribution in [0.1, 0.15) is 44.7 Å². The summed E-state index contributed by atoms with van der Waals surface area (Å²) in [6.45, 7) is 9.41. The van der Waals surface area contributed by atoms with Crippen LogP contribution in [0.25, 0.3) is 0 Å². The number of aryl methyl sites for hydroxylation is 2. The Bertz CT molecular complexity index is 462. The Morgan fingerprint density at radius 2 is 2.06 bits per heavy atom. The van der Waals surface area contributed by atoms with Gasteiger partial charge in [-0.05, 0) is 44.7 Å². The minimum atomic E-state index is -0.367. The van der Waals surface area contributed by atoms with Gasteiger partial charge in [-0.25, -0.2) is 0 Å². The number of nitrogens with zero attached hydrogens (tertiary/aromatic N) is 1. The molecule has 0 spiro atoms. The van der Waals surface area contributed by atoms with Crippen LogP contribution < -0.4 is 4.90 Å². The van der Waals surface area contributed by atoms with Gasteiger partial charge in [-0.15, -0.1) is 0 Å². The number of ketones is 1. The molecule has 1 aromatic rings. The smallest absolute Gasteiger partial charge is 0.157 e. The van der Waals surface area contributed by atoms with E-state index in [-0.39, 0.29) is 5.54 Å². The molecule has 0 atom stereocenters. The van der Waals surface area contributed by atoms with Crippen molar-refractivity contribution in [2.75, 3.05) is 11.4 Å². The Labute approximate surface area is 110 Å². The third-order valence-electron chi connectivity index (χ3n) is 4.11. The quantitative estimate of drug-likeness (QED) is 0.794. The molecule has 18 heavy (non-hydrogen) atoms. The molecule has 1 fully saturated rings. The van der Waals surface area contributed by atoms with Crippen molar-refractivity contribution in [2.24, 2.45) is 0 Å². The highest BCUT2D eigenvalue weighted by Gasteiger charge is 2.38. The second kappa shape index (κ2) is 4.75. The molecule has 0 unspecified atom stereocenters. The summed E-state index contributed by atoms with van der Waals surface area (Å²) < 4.78 is 0. The summed E-state index contributed by atoms with van der Waals surface area (Å²) >= 11 is 0. The standard InChI is InChI=1S/C16H23NO/c1-5-13-9-6-8-12(2)15(13)17-11-7-10-14(18)16(17,3)4/h6,8-9H,5,7,10-11H2,1-4H3. The normalized spacial score (nSPS) is 19.1. The van der Waals surface area contributed by atoms with E-state index in [0.29, 0.717) is 5.78 Å². The number of hydrogen-bond acceptors (Lipinski definition) is 2. The topological polar surface area (TPSA) is 20.3 Å². The minimum Gasteiger partial charge on any atom is -0.359 e. The molecule has 1 aromatic carbocycles. The summed E-state index contributed by atoms with van der Waals surface area (Å²) in [6.07, 6.45) is 2.70. The van der Waals surface area contributed by atoms with E-state index in [0.717, 1.165) is 25.8 Å². The van der Waals surface area contributed by atoms with Gasteiger partial charge in [0, 0.05) is 18.7 Å². The molecule has 2 heteroatoms. The second-order valence-electron chi connectivity index (χ2n) is 5.67. The molecule has 0 aliphatic carbocycles. The highest BCUT2D eigenvalue weighted by molar-refractivity contribution is 5.92. The van der Waals surface area contributed by atoms with Gasteiger partial charge in [-0.2, -0.15) is 0 Å². The molecule has 0 N–H and O–H groups in total. The van der Waals surface area contributed by atoms with Gasteiger partial charge in [0.1, 0.15) is 0 Å². The zero-order valence-electron chi connectivity index (χ0n) is 11.9. The Kier molecular flexibility index (Phi) is 3.47. The first-order valence-corrected chi connectivity index (χ1v) is 6.88. The predicted octanol–water partition coefficient (Wildman–Crippen LogP) is 3.51. The van der Waals surface area contributed by atoms with E-state index in [1.165, 1.54) is 16.8 Å². The molecule has 0 bridgehead atoms. The fourth-order valence-electron chi connectivity index (χ4n) is 2.92. The third kappa shape index (κ3) is 2.05. The van der Waals surface area contributed by atoms with Crippen molar-refractivity contribution in [2.45, 2.75) is 52.5 Å². The number of benzene rings is 1. The molecule has 1 heterocycles. The first-order valence-electron chi connectivity index (χ1n) is 6.88. The number of para-hydroxylation sites is 1. The predicted molar refractivity (Wildman–Crippen MR) is 76.2 cm³/mol. The van der Waals surface area contributed by atoms with E-state index in [2.05, 4.69) is 50.8 Å². The summed E-state index contributed by atoms with van der Waals surface area (Å²) in [4.78, 5) is 14.5. The van der Waals surface area contributed by atoms with E-state index in [1.54, 1.807) is 0 Å². The maximum atomic E-state index is 12.2. The molecule has 1 aliphatic rings. The lowest BCUT2D eigenvalue weighted by Crippen LogP contribution is -2.54. The van der Waals surface area contributed by atoms with Crippen molar-refractivity contribution in [3.63, 3.8) is 0 Å². The maximum absolute atomic E-state index is 12.2. The van der Waals surface area contributed by atoms with Crippen molar-refractivity contribution in [3.05, 3.63) is 29.3 Å². The summed E-state index contributed by atoms with van der Waals surface area (Å²) in [7, 11) is 0. The first kappa shape index (κ1) is 13.1. The van der Waals surface area contributed by atoms with E-state index in [9.17, 15) is 4.79 Å². The molecular weight excluding hydrogens is 222 g/mol. The molecule has 0 amide bonds. The highest BCUT2D eigenvalue weighted by atomic mass is 16.1. The number of hydrogen-bond donors (Lipinski definition) is 0. The van der Waals surface area contributed by atoms with Crippen molar-refractivity contribution in [1.29, 1.82) is 0 Å². The summed E-state index contributed by atoms with van der Waals surface area (Å²) in [6, 6.07) is 6.43. The first-order chi connectivity index (χ1) is 8.48. The summed E-state index contributed by atoms with van der Waals surface area (Å²) in [5.74, 6) is 0.360. The van der Waals surface area contributed by atoms with Gasteiger partial charge < -0.3 is 4.90 Å². The van der Waals surface area contributed by atoms with Crippen LogP contribution in [0, 0.1) is 6.92 Å². The molecule has 0 aromatic heterocycles. The number of carbonyl (C=O) groups is 1. The van der Waals surface area contributed by atoms with E-state index in [1.807, 2.05) is 0 Å². The van der Waals surface area contributed by atoms with Gasteiger partial charge in [0.05, 0.1) is 5.54 Å². The SMILES string of the molecule is CCc1cccc(C)c1N1CCCC(=O)C1(C)C. The van der Waals surface area contributed by atoms with Crippen LogP contribution >= 0.6 is 0 Å². The summed E-state index contributed by atoms with van der Waals surface area (Å²) in [5, 5.41) is 0. The molecule has 1 saturated heterocycles. The molecule has 2 nitrogen and oxygen atoms in total. The van der Waals surface area contributed by atoms with Crippen molar-refractivity contribution >= 4 is 11.5 Å². The van der Waals surface area contributed by atoms with Gasteiger partial charge in [0.15, 0.2) is 5.78 Å². The van der Waals surface area contributed by atoms with E-state index < -0.39 is 0 Å². The number of piperidine rings is 1. The van der Waals surface area contributed by atoms with Gasteiger partial charge in [-0.1, -0.05) is 25.1 Å². The number of carbonyl (C=O) groups excluding carboxylic acids is 1. The van der Waals surface area contributed by atoms with Crippen LogP contribution in [-0.4, -0.2) is 17.9 Å². The van der Waals surface area contributed by atoms with Crippen LogP contribution in [0.2, 0.25) is 0 Å². The summed E-state index contributed by atoms with van der Waals surface area (Å²) in [5.41, 5.74) is 3.53. The van der Waals surface area contributed by atoms with Gasteiger partial charge in [0.25, 0.3) is 0 Å². The maximum Gasteiger partial charge on any atom is 0.157 e. The lowest BCUT2D eigenvalue weighted by molar-refractivity contribution is -0.124. The number of Topliss-reactive ketones (excluding diaryl/α,β-unsaturated/α-hetero) is 1. The molecule has 0 radical (unpaired) electrons. The zero-order valence-corrected chi connectivity index (χ0v) is 11.9. The molecule has 98 valence electrons. The average Bonchev–Trinajstić information content (AvgIpc) is 2.33. The van der Waals surface area contributed by atoms with E-state index in [4.69, 9.17) is 0 Å². The highest BCUT2D eigenvalue weighted by Crippen LogP contribution is 2.35. The van der Waals surface area contributed by atoms with Gasteiger partial charge >= 0.3 is 0 Å². The molecule has 0 saturated carbocycles. The molecular formula is C16H23NO. The molecule has 1 aliphatic heterocycles. The monoisotopic (exact) mass is 245 g/mol. The second-order valence-corrected chi connectivity index (χ2v) is 5.67. The van der Waals surface area contributed by atoms with Gasteiger partial charge in [0.2, 0.25) is 0 Å². The fraction of sp³-hybridized carbons (Fsp3) is 0.562. The minimum absolute atomic E-state index is 0.360. The van der Waals surface area contributed by atoms with Crippen molar-refractivity contribution in [1.82, 2.24) is 0 Å². The van der Waals surface area contributed by atoms with Crippen LogP contribution in [0.15, 0.2) is 18.2 Å². The van der Waals surface area contributed by atoms with Crippen LogP contribution in [0.5, 0.6) is 0 Å². The van der Waals surface area contributed by atoms with Crippen LogP contribution in [0.3, 0.4) is 0 Å². The zero-order chi connectivity index (χ0) is 13.3. The largest absolute Gasteiger partial charge is 0.359 e. The van der Waals surface area contributed by atoms with Crippen molar-refractivity contribution in [3.8, 4) is 0 Å². The molecule has 2 rings (SSSR count). The van der Waals surface area contributed by atoms with Crippen LogP contribution in [-0.2, 0) is 11.2 Å². The Balaban J connectivity index is 2.50. The number of rotatable bonds is 2. The Hall–Kier alpha value is -1.31. The van der Waals surface area contributed by atoms with Crippen LogP contribution in [0.4, 0.5) is 5.69 Å². The van der Waals surface area contributed by atoms with E-state index >= 15 is 0 Å². The number of anilines is 1. The lowest BCUT2D eigenvalue weighted by atomic mass is 9.87. The van der Waals surface area contributed by atoms with Gasteiger partial charge in [-0.3, -0.25) is 4.79 Å². The third-order valence-corrected chi connectivity index (χ3v) is 4.11. The Morgan fingerprint density at radius 1 is 1.33 bits per heavy atom. The van der Waals surface area contributed by atoms with Crippen molar-refractivity contribution < 1.29 is 4.79 Å². The lowest BCUT2D eigenvalue weighted by Gasteiger charge is -2.44. The fourth-order valence-corrected chi connectivity index (χ4v) is 2.92. The average molecular weight is 245 g/mol. The Morgan fingerprint density at radius 3 is 2.72 bits per heavy atom.